The fourth-order valence-corrected chi connectivity index (χ4v) is 2.65. The first kappa shape index (κ1) is 11.0. The smallest absolute Gasteiger partial charge is 0.109 e. The minimum atomic E-state index is 0.367. The number of nitrogens with zero attached hydrogens (tertiary/aromatic N) is 1. The van der Waals surface area contributed by atoms with Gasteiger partial charge in [-0.2, -0.15) is 0 Å². The van der Waals surface area contributed by atoms with Crippen LogP contribution in [0, 0.1) is 6.92 Å². The molecule has 1 atom stereocenters. The molecule has 1 N–H and O–H groups in total. The summed E-state index contributed by atoms with van der Waals surface area (Å²) in [6.45, 7) is 6.07. The molecular formula is C11H18N2OS. The van der Waals surface area contributed by atoms with Gasteiger partial charge in [-0.25, -0.2) is 4.98 Å². The Labute approximate surface area is 94.9 Å². The van der Waals surface area contributed by atoms with Crippen LogP contribution in [-0.4, -0.2) is 24.2 Å². The first-order chi connectivity index (χ1) is 7.25. The first-order valence-electron chi connectivity index (χ1n) is 5.52. The molecular weight excluding hydrogens is 208 g/mol. The third-order valence-corrected chi connectivity index (χ3v) is 3.81. The largest absolute Gasteiger partial charge is 0.381 e. The zero-order valence-electron chi connectivity index (χ0n) is 9.32. The van der Waals surface area contributed by atoms with E-state index in [-0.39, 0.29) is 0 Å². The SMILES string of the molecule is Cc1cnc(C(C)NC2CCOCC2)s1. The first-order valence-corrected chi connectivity index (χ1v) is 6.33. The fraction of sp³-hybridized carbons (Fsp3) is 0.727. The predicted octanol–water partition coefficient (Wildman–Crippen LogP) is 2.28. The van der Waals surface area contributed by atoms with E-state index in [9.17, 15) is 0 Å². The normalized spacial score (nSPS) is 20.4. The van der Waals surface area contributed by atoms with Crippen molar-refractivity contribution >= 4 is 11.3 Å². The van der Waals surface area contributed by atoms with Crippen molar-refractivity contribution < 1.29 is 4.74 Å². The molecule has 1 unspecified atom stereocenters. The van der Waals surface area contributed by atoms with Gasteiger partial charge in [-0.05, 0) is 26.7 Å². The van der Waals surface area contributed by atoms with E-state index in [2.05, 4.69) is 24.1 Å². The molecule has 0 aromatic carbocycles. The molecule has 0 amide bonds. The summed E-state index contributed by atoms with van der Waals surface area (Å²) in [5.74, 6) is 0. The van der Waals surface area contributed by atoms with Crippen LogP contribution >= 0.6 is 11.3 Å². The van der Waals surface area contributed by atoms with Crippen LogP contribution in [0.4, 0.5) is 0 Å². The molecule has 1 aromatic rings. The Morgan fingerprint density at radius 2 is 2.27 bits per heavy atom. The second-order valence-electron chi connectivity index (χ2n) is 4.08. The molecule has 4 heteroatoms. The van der Waals surface area contributed by atoms with Crippen LogP contribution in [-0.2, 0) is 4.74 Å². The van der Waals surface area contributed by atoms with Crippen LogP contribution in [0.1, 0.15) is 35.7 Å². The number of rotatable bonds is 3. The summed E-state index contributed by atoms with van der Waals surface area (Å²) in [6.07, 6.45) is 4.19. The fourth-order valence-electron chi connectivity index (χ4n) is 1.86. The minimum absolute atomic E-state index is 0.367. The van der Waals surface area contributed by atoms with E-state index in [4.69, 9.17) is 4.74 Å². The quantitative estimate of drug-likeness (QED) is 0.858. The van der Waals surface area contributed by atoms with Gasteiger partial charge in [-0.3, -0.25) is 0 Å². The lowest BCUT2D eigenvalue weighted by Gasteiger charge is -2.25. The standard InChI is InChI=1S/C11H18N2OS/c1-8-7-12-11(15-8)9(2)13-10-3-5-14-6-4-10/h7,9-10,13H,3-6H2,1-2H3. The van der Waals surface area contributed by atoms with Gasteiger partial charge in [0.25, 0.3) is 0 Å². The van der Waals surface area contributed by atoms with E-state index in [1.54, 1.807) is 11.3 Å². The van der Waals surface area contributed by atoms with E-state index >= 15 is 0 Å². The molecule has 1 fully saturated rings. The van der Waals surface area contributed by atoms with Gasteiger partial charge in [0.15, 0.2) is 0 Å². The van der Waals surface area contributed by atoms with Gasteiger partial charge in [0.2, 0.25) is 0 Å². The third-order valence-electron chi connectivity index (χ3n) is 2.72. The number of hydrogen-bond donors (Lipinski definition) is 1. The highest BCUT2D eigenvalue weighted by molar-refractivity contribution is 7.11. The highest BCUT2D eigenvalue weighted by atomic mass is 32.1. The van der Waals surface area contributed by atoms with E-state index in [0.717, 1.165) is 26.1 Å². The summed E-state index contributed by atoms with van der Waals surface area (Å²) in [5, 5.41) is 4.81. The minimum Gasteiger partial charge on any atom is -0.381 e. The predicted molar refractivity (Wildman–Crippen MR) is 62.2 cm³/mol. The molecule has 2 heterocycles. The highest BCUT2D eigenvalue weighted by Crippen LogP contribution is 2.20. The molecule has 1 saturated heterocycles. The highest BCUT2D eigenvalue weighted by Gasteiger charge is 2.17. The molecule has 3 nitrogen and oxygen atoms in total. The van der Waals surface area contributed by atoms with Crippen molar-refractivity contribution in [3.63, 3.8) is 0 Å². The molecule has 0 radical (unpaired) electrons. The lowest BCUT2D eigenvalue weighted by molar-refractivity contribution is 0.0754. The maximum absolute atomic E-state index is 5.34. The van der Waals surface area contributed by atoms with Gasteiger partial charge in [-0.15, -0.1) is 11.3 Å². The maximum atomic E-state index is 5.34. The van der Waals surface area contributed by atoms with Crippen LogP contribution in [0.25, 0.3) is 0 Å². The third kappa shape index (κ3) is 3.00. The van der Waals surface area contributed by atoms with Gasteiger partial charge in [-0.1, -0.05) is 0 Å². The number of thiazole rings is 1. The van der Waals surface area contributed by atoms with E-state index in [1.165, 1.54) is 9.88 Å². The van der Waals surface area contributed by atoms with Crippen LogP contribution in [0.3, 0.4) is 0 Å². The molecule has 0 aliphatic carbocycles. The summed E-state index contributed by atoms with van der Waals surface area (Å²) in [4.78, 5) is 5.69. The van der Waals surface area contributed by atoms with E-state index < -0.39 is 0 Å². The van der Waals surface area contributed by atoms with Crippen LogP contribution in [0.15, 0.2) is 6.20 Å². The van der Waals surface area contributed by atoms with Gasteiger partial charge in [0, 0.05) is 30.3 Å². The molecule has 1 aliphatic heterocycles. The van der Waals surface area contributed by atoms with Crippen LogP contribution in [0.5, 0.6) is 0 Å². The second-order valence-corrected chi connectivity index (χ2v) is 5.35. The number of nitrogens with one attached hydrogen (secondary N) is 1. The zero-order chi connectivity index (χ0) is 10.7. The Balaban J connectivity index is 1.88. The van der Waals surface area contributed by atoms with Gasteiger partial charge >= 0.3 is 0 Å². The van der Waals surface area contributed by atoms with Gasteiger partial charge < -0.3 is 10.1 Å². The number of aryl methyl sites for hydroxylation is 1. The summed E-state index contributed by atoms with van der Waals surface area (Å²) < 4.78 is 5.34. The summed E-state index contributed by atoms with van der Waals surface area (Å²) >= 11 is 1.78. The lowest BCUT2D eigenvalue weighted by atomic mass is 10.1. The van der Waals surface area contributed by atoms with E-state index in [0.29, 0.717) is 12.1 Å². The van der Waals surface area contributed by atoms with Gasteiger partial charge in [0.05, 0.1) is 6.04 Å². The Morgan fingerprint density at radius 1 is 1.53 bits per heavy atom. The monoisotopic (exact) mass is 226 g/mol. The second kappa shape index (κ2) is 5.05. The molecule has 2 rings (SSSR count). The Morgan fingerprint density at radius 3 is 2.87 bits per heavy atom. The average molecular weight is 226 g/mol. The summed E-state index contributed by atoms with van der Waals surface area (Å²) in [5.41, 5.74) is 0. The number of hydrogen-bond acceptors (Lipinski definition) is 4. The molecule has 0 spiro atoms. The Hall–Kier alpha value is -0.450. The van der Waals surface area contributed by atoms with E-state index in [1.807, 2.05) is 6.20 Å². The van der Waals surface area contributed by atoms with Crippen LogP contribution in [0.2, 0.25) is 0 Å². The molecule has 84 valence electrons. The van der Waals surface area contributed by atoms with Crippen molar-refractivity contribution in [1.29, 1.82) is 0 Å². The summed E-state index contributed by atoms with van der Waals surface area (Å²) in [6, 6.07) is 0.963. The maximum Gasteiger partial charge on any atom is 0.109 e. The molecule has 1 aliphatic rings. The van der Waals surface area contributed by atoms with Gasteiger partial charge in [0.1, 0.15) is 5.01 Å². The van der Waals surface area contributed by atoms with Crippen molar-refractivity contribution in [3.05, 3.63) is 16.1 Å². The zero-order valence-corrected chi connectivity index (χ0v) is 10.1. The van der Waals surface area contributed by atoms with Crippen molar-refractivity contribution in [2.45, 2.75) is 38.8 Å². The topological polar surface area (TPSA) is 34.2 Å². The van der Waals surface area contributed by atoms with Crippen LogP contribution < -0.4 is 5.32 Å². The molecule has 1 aromatic heterocycles. The Bertz CT molecular complexity index is 307. The van der Waals surface area contributed by atoms with Crippen molar-refractivity contribution in [2.24, 2.45) is 0 Å². The molecule has 0 saturated carbocycles. The van der Waals surface area contributed by atoms with Crippen molar-refractivity contribution in [3.8, 4) is 0 Å². The number of ether oxygens (including phenoxy) is 1. The lowest BCUT2D eigenvalue weighted by Crippen LogP contribution is -2.36. The number of aromatic nitrogens is 1. The summed E-state index contributed by atoms with van der Waals surface area (Å²) in [7, 11) is 0. The molecule has 15 heavy (non-hydrogen) atoms. The van der Waals surface area contributed by atoms with Crippen molar-refractivity contribution in [1.82, 2.24) is 10.3 Å². The average Bonchev–Trinajstić information content (AvgIpc) is 2.66. The molecule has 0 bridgehead atoms. The Kier molecular flexibility index (Phi) is 3.72. The van der Waals surface area contributed by atoms with Crippen molar-refractivity contribution in [2.75, 3.05) is 13.2 Å².